The molecule has 1 aliphatic heterocycles. The van der Waals surface area contributed by atoms with Crippen LogP contribution >= 0.6 is 0 Å². The minimum Gasteiger partial charge on any atom is -0.383 e. The van der Waals surface area contributed by atoms with Gasteiger partial charge in [-0.3, -0.25) is 4.90 Å². The van der Waals surface area contributed by atoms with Crippen molar-refractivity contribution in [1.29, 1.82) is 0 Å². The van der Waals surface area contributed by atoms with E-state index in [1.165, 1.54) is 13.0 Å². The normalized spacial score (nSPS) is 25.6. The molecule has 0 aromatic carbocycles. The summed E-state index contributed by atoms with van der Waals surface area (Å²) in [6.45, 7) is 7.85. The first kappa shape index (κ1) is 9.01. The Labute approximate surface area is 69.5 Å². The van der Waals surface area contributed by atoms with E-state index in [-0.39, 0.29) is 0 Å². The van der Waals surface area contributed by atoms with Gasteiger partial charge in [-0.2, -0.15) is 0 Å². The maximum Gasteiger partial charge on any atom is 0.0589 e. The lowest BCUT2D eigenvalue weighted by Crippen LogP contribution is -2.51. The summed E-state index contributed by atoms with van der Waals surface area (Å²) in [5.41, 5.74) is 0. The molecule has 1 saturated heterocycles. The third kappa shape index (κ3) is 2.17. The molecular formula is C9H19NO. The Kier molecular flexibility index (Phi) is 3.34. The van der Waals surface area contributed by atoms with Crippen LogP contribution in [0.3, 0.4) is 0 Å². The van der Waals surface area contributed by atoms with Crippen molar-refractivity contribution in [3.05, 3.63) is 0 Å². The van der Waals surface area contributed by atoms with E-state index >= 15 is 0 Å². The number of hydrogen-bond donors (Lipinski definition) is 0. The lowest BCUT2D eigenvalue weighted by atomic mass is 9.92. The molecule has 0 aromatic heterocycles. The summed E-state index contributed by atoms with van der Waals surface area (Å²) in [6, 6.07) is 0.824. The molecule has 1 fully saturated rings. The zero-order valence-electron chi connectivity index (χ0n) is 7.84. The fourth-order valence-electron chi connectivity index (χ4n) is 1.70. The van der Waals surface area contributed by atoms with Crippen molar-refractivity contribution in [3.63, 3.8) is 0 Å². The summed E-state index contributed by atoms with van der Waals surface area (Å²) in [5, 5.41) is 0. The molecule has 0 radical (unpaired) electrons. The quantitative estimate of drug-likeness (QED) is 0.611. The highest BCUT2D eigenvalue weighted by Gasteiger charge is 2.29. The van der Waals surface area contributed by atoms with Crippen LogP contribution < -0.4 is 0 Å². The number of likely N-dealkylation sites (tertiary alicyclic amines) is 1. The van der Waals surface area contributed by atoms with Gasteiger partial charge in [-0.15, -0.1) is 0 Å². The van der Waals surface area contributed by atoms with E-state index in [2.05, 4.69) is 18.7 Å². The lowest BCUT2D eigenvalue weighted by molar-refractivity contribution is 0.0307. The first-order chi connectivity index (χ1) is 5.25. The fourth-order valence-corrected chi connectivity index (χ4v) is 1.70. The topological polar surface area (TPSA) is 12.5 Å². The Morgan fingerprint density at radius 3 is 2.64 bits per heavy atom. The van der Waals surface area contributed by atoms with Gasteiger partial charge in [0.25, 0.3) is 0 Å². The van der Waals surface area contributed by atoms with Crippen LogP contribution in [0.2, 0.25) is 0 Å². The Morgan fingerprint density at radius 2 is 2.27 bits per heavy atom. The van der Waals surface area contributed by atoms with Crippen LogP contribution in [0, 0.1) is 5.92 Å². The van der Waals surface area contributed by atoms with Crippen molar-refractivity contribution in [2.24, 2.45) is 5.92 Å². The highest BCUT2D eigenvalue weighted by atomic mass is 16.5. The van der Waals surface area contributed by atoms with Crippen LogP contribution in [0.15, 0.2) is 0 Å². The van der Waals surface area contributed by atoms with Gasteiger partial charge in [0, 0.05) is 26.2 Å². The van der Waals surface area contributed by atoms with Gasteiger partial charge in [-0.25, -0.2) is 0 Å². The van der Waals surface area contributed by atoms with Gasteiger partial charge < -0.3 is 4.74 Å². The van der Waals surface area contributed by atoms with Crippen LogP contribution in [0.25, 0.3) is 0 Å². The SMILES string of the molecule is COCCN1CC[C@H]1C(C)C. The number of methoxy groups -OCH3 is 1. The minimum atomic E-state index is 0.806. The molecule has 66 valence electrons. The van der Waals surface area contributed by atoms with E-state index in [0.29, 0.717) is 0 Å². The smallest absolute Gasteiger partial charge is 0.0589 e. The molecule has 0 aliphatic carbocycles. The van der Waals surface area contributed by atoms with Crippen molar-refractivity contribution in [2.75, 3.05) is 26.8 Å². The monoisotopic (exact) mass is 157 g/mol. The molecule has 1 heterocycles. The van der Waals surface area contributed by atoms with Crippen LogP contribution in [0.5, 0.6) is 0 Å². The number of ether oxygens (including phenoxy) is 1. The predicted molar refractivity (Wildman–Crippen MR) is 46.7 cm³/mol. The molecule has 1 aliphatic rings. The fraction of sp³-hybridized carbons (Fsp3) is 1.00. The lowest BCUT2D eigenvalue weighted by Gasteiger charge is -2.43. The second kappa shape index (κ2) is 4.07. The molecule has 0 bridgehead atoms. The van der Waals surface area contributed by atoms with Crippen LogP contribution in [-0.4, -0.2) is 37.7 Å². The molecule has 1 rings (SSSR count). The molecule has 0 N–H and O–H groups in total. The first-order valence-electron chi connectivity index (χ1n) is 4.48. The van der Waals surface area contributed by atoms with E-state index in [9.17, 15) is 0 Å². The van der Waals surface area contributed by atoms with Gasteiger partial charge in [0.15, 0.2) is 0 Å². The molecule has 0 amide bonds. The number of rotatable bonds is 4. The largest absolute Gasteiger partial charge is 0.383 e. The molecule has 0 unspecified atom stereocenters. The van der Waals surface area contributed by atoms with E-state index in [4.69, 9.17) is 4.74 Å². The Hall–Kier alpha value is -0.0800. The van der Waals surface area contributed by atoms with Crippen LogP contribution in [-0.2, 0) is 4.74 Å². The van der Waals surface area contributed by atoms with E-state index in [1.54, 1.807) is 7.11 Å². The molecule has 0 saturated carbocycles. The Bertz CT molecular complexity index is 114. The van der Waals surface area contributed by atoms with Gasteiger partial charge in [0.1, 0.15) is 0 Å². The highest BCUT2D eigenvalue weighted by Crippen LogP contribution is 2.23. The molecule has 0 spiro atoms. The van der Waals surface area contributed by atoms with Crippen molar-refractivity contribution >= 4 is 0 Å². The second-order valence-electron chi connectivity index (χ2n) is 3.63. The zero-order chi connectivity index (χ0) is 8.27. The predicted octanol–water partition coefficient (Wildman–Crippen LogP) is 1.36. The third-order valence-corrected chi connectivity index (χ3v) is 2.53. The van der Waals surface area contributed by atoms with E-state index in [1.807, 2.05) is 0 Å². The molecular weight excluding hydrogens is 138 g/mol. The van der Waals surface area contributed by atoms with Crippen LogP contribution in [0.1, 0.15) is 20.3 Å². The summed E-state index contributed by atoms with van der Waals surface area (Å²) < 4.78 is 5.03. The maximum absolute atomic E-state index is 5.03. The van der Waals surface area contributed by atoms with E-state index < -0.39 is 0 Å². The zero-order valence-corrected chi connectivity index (χ0v) is 7.84. The standard InChI is InChI=1S/C9H19NO/c1-8(2)9-4-5-10(9)6-7-11-3/h8-9H,4-7H2,1-3H3/t9-/m0/s1. The second-order valence-corrected chi connectivity index (χ2v) is 3.63. The van der Waals surface area contributed by atoms with Crippen molar-refractivity contribution in [3.8, 4) is 0 Å². The molecule has 0 aromatic rings. The van der Waals surface area contributed by atoms with Gasteiger partial charge in [-0.1, -0.05) is 13.8 Å². The first-order valence-corrected chi connectivity index (χ1v) is 4.48. The maximum atomic E-state index is 5.03. The summed E-state index contributed by atoms with van der Waals surface area (Å²) in [5.74, 6) is 0.806. The minimum absolute atomic E-state index is 0.806. The van der Waals surface area contributed by atoms with Gasteiger partial charge in [-0.05, 0) is 12.3 Å². The Balaban J connectivity index is 2.15. The average molecular weight is 157 g/mol. The third-order valence-electron chi connectivity index (χ3n) is 2.53. The average Bonchev–Trinajstić information content (AvgIpc) is 1.84. The van der Waals surface area contributed by atoms with Gasteiger partial charge in [0.2, 0.25) is 0 Å². The Morgan fingerprint density at radius 1 is 1.55 bits per heavy atom. The van der Waals surface area contributed by atoms with Crippen LogP contribution in [0.4, 0.5) is 0 Å². The summed E-state index contributed by atoms with van der Waals surface area (Å²) >= 11 is 0. The molecule has 1 atom stereocenters. The highest BCUT2D eigenvalue weighted by molar-refractivity contribution is 4.84. The molecule has 2 heteroatoms. The summed E-state index contributed by atoms with van der Waals surface area (Å²) in [4.78, 5) is 2.51. The van der Waals surface area contributed by atoms with Gasteiger partial charge >= 0.3 is 0 Å². The van der Waals surface area contributed by atoms with E-state index in [0.717, 1.165) is 25.1 Å². The van der Waals surface area contributed by atoms with Crippen molar-refractivity contribution in [1.82, 2.24) is 4.90 Å². The summed E-state index contributed by atoms with van der Waals surface area (Å²) in [7, 11) is 1.77. The van der Waals surface area contributed by atoms with Gasteiger partial charge in [0.05, 0.1) is 6.61 Å². The number of hydrogen-bond acceptors (Lipinski definition) is 2. The number of nitrogens with zero attached hydrogens (tertiary/aromatic N) is 1. The van der Waals surface area contributed by atoms with Crippen molar-refractivity contribution < 1.29 is 4.74 Å². The van der Waals surface area contributed by atoms with Crippen molar-refractivity contribution in [2.45, 2.75) is 26.3 Å². The molecule has 11 heavy (non-hydrogen) atoms. The molecule has 2 nitrogen and oxygen atoms in total. The summed E-state index contributed by atoms with van der Waals surface area (Å²) in [6.07, 6.45) is 1.38.